The molecule has 0 aliphatic carbocycles. The van der Waals surface area contributed by atoms with Gasteiger partial charge in [-0.25, -0.2) is 9.37 Å². The Bertz CT molecular complexity index is 1410. The van der Waals surface area contributed by atoms with Crippen LogP contribution in [0.3, 0.4) is 0 Å². The Morgan fingerprint density at radius 3 is 2.62 bits per heavy atom. The maximum absolute atomic E-state index is 14.0. The summed E-state index contributed by atoms with van der Waals surface area (Å²) >= 11 is 0. The van der Waals surface area contributed by atoms with Crippen molar-refractivity contribution in [1.82, 2.24) is 9.97 Å². The molecule has 5 heteroatoms. The van der Waals surface area contributed by atoms with Crippen LogP contribution in [0, 0.1) is 5.82 Å². The van der Waals surface area contributed by atoms with E-state index >= 15 is 0 Å². The molecule has 0 aliphatic rings. The lowest BCUT2D eigenvalue weighted by Gasteiger charge is -2.07. The summed E-state index contributed by atoms with van der Waals surface area (Å²) in [6.07, 6.45) is 1.44. The number of carbonyl (C=O) groups is 1. The third kappa shape index (κ3) is 4.10. The average molecular weight is 424 g/mol. The average Bonchev–Trinajstić information content (AvgIpc) is 3.17. The van der Waals surface area contributed by atoms with Crippen molar-refractivity contribution >= 4 is 27.8 Å². The second-order valence-corrected chi connectivity index (χ2v) is 7.70. The molecule has 32 heavy (non-hydrogen) atoms. The predicted molar refractivity (Wildman–Crippen MR) is 124 cm³/mol. The minimum atomic E-state index is -0.292. The summed E-state index contributed by atoms with van der Waals surface area (Å²) in [5, 5.41) is 1.87. The van der Waals surface area contributed by atoms with Gasteiger partial charge in [0.2, 0.25) is 0 Å². The van der Waals surface area contributed by atoms with Gasteiger partial charge in [-0.05, 0) is 60.9 Å². The number of H-pyrrole nitrogens is 1. The van der Waals surface area contributed by atoms with Gasteiger partial charge in [-0.2, -0.15) is 0 Å². The van der Waals surface area contributed by atoms with Crippen molar-refractivity contribution in [3.05, 3.63) is 96.3 Å². The largest absolute Gasteiger partial charge is 0.427 e. The van der Waals surface area contributed by atoms with Gasteiger partial charge in [-0.3, -0.25) is 4.79 Å². The lowest BCUT2D eigenvalue weighted by Crippen LogP contribution is -2.08. The number of halogens is 1. The van der Waals surface area contributed by atoms with Crippen LogP contribution in [0.25, 0.3) is 33.2 Å². The van der Waals surface area contributed by atoms with Gasteiger partial charge in [0.25, 0.3) is 0 Å². The topological polar surface area (TPSA) is 55.0 Å². The highest BCUT2D eigenvalue weighted by Gasteiger charge is 2.16. The van der Waals surface area contributed by atoms with Crippen molar-refractivity contribution in [2.45, 2.75) is 19.3 Å². The summed E-state index contributed by atoms with van der Waals surface area (Å²) in [6.45, 7) is 0. The molecule has 0 atom stereocenters. The van der Waals surface area contributed by atoms with Crippen LogP contribution >= 0.6 is 0 Å². The van der Waals surface area contributed by atoms with Gasteiger partial charge in [0.15, 0.2) is 0 Å². The predicted octanol–water partition coefficient (Wildman–Crippen LogP) is 6.45. The van der Waals surface area contributed by atoms with Crippen LogP contribution in [-0.4, -0.2) is 15.9 Å². The zero-order valence-corrected chi connectivity index (χ0v) is 17.3. The molecule has 2 aromatic heterocycles. The summed E-state index contributed by atoms with van der Waals surface area (Å²) in [4.78, 5) is 20.5. The third-order valence-corrected chi connectivity index (χ3v) is 5.51. The van der Waals surface area contributed by atoms with Gasteiger partial charge in [0, 0.05) is 22.7 Å². The standard InChI is InChI=1S/C27H21FN2O2/c28-19-14-16-24-22(17-19)21(10-6-12-26(31)32-20-8-2-1-3-9-20)27(30-24)25-15-13-18-7-4-5-11-23(18)29-25/h1-5,7-9,11,13-17,30H,6,10,12H2. The first-order valence-corrected chi connectivity index (χ1v) is 10.6. The van der Waals surface area contributed by atoms with Crippen molar-refractivity contribution in [2.24, 2.45) is 0 Å². The van der Waals surface area contributed by atoms with Crippen LogP contribution < -0.4 is 4.74 Å². The minimum Gasteiger partial charge on any atom is -0.427 e. The SMILES string of the molecule is O=C(CCCc1c(-c2ccc3ccccc3n2)[nH]c2ccc(F)cc12)Oc1ccccc1. The van der Waals surface area contributed by atoms with E-state index in [0.717, 1.165) is 38.8 Å². The Balaban J connectivity index is 1.43. The van der Waals surface area contributed by atoms with Crippen molar-refractivity contribution in [1.29, 1.82) is 0 Å². The van der Waals surface area contributed by atoms with Crippen LogP contribution in [0.15, 0.2) is 84.9 Å². The Kier molecular flexibility index (Phi) is 5.38. The number of esters is 1. The number of aromatic amines is 1. The van der Waals surface area contributed by atoms with E-state index < -0.39 is 0 Å². The number of aromatic nitrogens is 2. The first kappa shape index (κ1) is 19.9. The van der Waals surface area contributed by atoms with E-state index in [9.17, 15) is 9.18 Å². The highest BCUT2D eigenvalue weighted by Crippen LogP contribution is 2.32. The third-order valence-electron chi connectivity index (χ3n) is 5.51. The van der Waals surface area contributed by atoms with E-state index in [-0.39, 0.29) is 18.2 Å². The summed E-state index contributed by atoms with van der Waals surface area (Å²) < 4.78 is 19.4. The van der Waals surface area contributed by atoms with Gasteiger partial charge >= 0.3 is 5.97 Å². The number of rotatable bonds is 6. The summed E-state index contributed by atoms with van der Waals surface area (Å²) in [6, 6.07) is 25.7. The summed E-state index contributed by atoms with van der Waals surface area (Å²) in [5.41, 5.74) is 4.34. The normalized spacial score (nSPS) is 11.2. The zero-order chi connectivity index (χ0) is 21.9. The van der Waals surface area contributed by atoms with Crippen molar-refractivity contribution < 1.29 is 13.9 Å². The molecular formula is C27H21FN2O2. The second kappa shape index (κ2) is 8.63. The molecule has 2 heterocycles. The number of nitrogens with one attached hydrogen (secondary N) is 1. The fraction of sp³-hybridized carbons (Fsp3) is 0.111. The molecule has 158 valence electrons. The van der Waals surface area contributed by atoms with Crippen LogP contribution in [0.5, 0.6) is 5.75 Å². The van der Waals surface area contributed by atoms with E-state index in [1.165, 1.54) is 12.1 Å². The molecule has 0 spiro atoms. The number of benzene rings is 3. The number of ether oxygens (including phenoxy) is 1. The molecule has 5 rings (SSSR count). The molecule has 4 nitrogen and oxygen atoms in total. The molecule has 1 N–H and O–H groups in total. The van der Waals surface area contributed by atoms with Crippen molar-refractivity contribution in [3.8, 4) is 17.1 Å². The number of para-hydroxylation sites is 2. The van der Waals surface area contributed by atoms with Crippen LogP contribution in [0.2, 0.25) is 0 Å². The molecule has 0 saturated carbocycles. The number of carbonyl (C=O) groups excluding carboxylic acids is 1. The van der Waals surface area contributed by atoms with Gasteiger partial charge in [0.05, 0.1) is 16.9 Å². The quantitative estimate of drug-likeness (QED) is 0.252. The first-order valence-electron chi connectivity index (χ1n) is 10.6. The molecular weight excluding hydrogens is 403 g/mol. The molecule has 0 bridgehead atoms. The van der Waals surface area contributed by atoms with Gasteiger partial charge in [-0.15, -0.1) is 0 Å². The summed E-state index contributed by atoms with van der Waals surface area (Å²) in [5.74, 6) is -0.0421. The number of pyridine rings is 1. The molecule has 0 fully saturated rings. The molecule has 0 amide bonds. The van der Waals surface area contributed by atoms with Crippen LogP contribution in [-0.2, 0) is 11.2 Å². The highest BCUT2D eigenvalue weighted by atomic mass is 19.1. The minimum absolute atomic E-state index is 0.265. The fourth-order valence-corrected chi connectivity index (χ4v) is 3.98. The number of hydrogen-bond acceptors (Lipinski definition) is 3. The Morgan fingerprint density at radius 2 is 1.75 bits per heavy atom. The summed E-state index contributed by atoms with van der Waals surface area (Å²) in [7, 11) is 0. The molecule has 0 unspecified atom stereocenters. The molecule has 0 aliphatic heterocycles. The molecule has 5 aromatic rings. The Hall–Kier alpha value is -3.99. The van der Waals surface area contributed by atoms with Crippen molar-refractivity contribution in [3.63, 3.8) is 0 Å². The van der Waals surface area contributed by atoms with Crippen molar-refractivity contribution in [2.75, 3.05) is 0 Å². The van der Waals surface area contributed by atoms with Crippen LogP contribution in [0.1, 0.15) is 18.4 Å². The highest BCUT2D eigenvalue weighted by molar-refractivity contribution is 5.91. The fourth-order valence-electron chi connectivity index (χ4n) is 3.98. The van der Waals surface area contributed by atoms with E-state index in [0.29, 0.717) is 18.6 Å². The lowest BCUT2D eigenvalue weighted by atomic mass is 10.0. The van der Waals surface area contributed by atoms with E-state index in [4.69, 9.17) is 9.72 Å². The number of aryl methyl sites for hydroxylation is 1. The first-order chi connectivity index (χ1) is 15.7. The zero-order valence-electron chi connectivity index (χ0n) is 17.3. The number of fused-ring (bicyclic) bond motifs is 2. The van der Waals surface area contributed by atoms with E-state index in [1.54, 1.807) is 18.2 Å². The van der Waals surface area contributed by atoms with Gasteiger partial charge in [0.1, 0.15) is 11.6 Å². The number of nitrogens with zero attached hydrogens (tertiary/aromatic N) is 1. The number of hydrogen-bond donors (Lipinski definition) is 1. The molecule has 3 aromatic carbocycles. The van der Waals surface area contributed by atoms with Gasteiger partial charge in [-0.1, -0.05) is 42.5 Å². The van der Waals surface area contributed by atoms with E-state index in [2.05, 4.69) is 4.98 Å². The van der Waals surface area contributed by atoms with E-state index in [1.807, 2.05) is 54.6 Å². The molecule has 0 radical (unpaired) electrons. The monoisotopic (exact) mass is 424 g/mol. The Labute approximate surface area is 184 Å². The lowest BCUT2D eigenvalue weighted by molar-refractivity contribution is -0.134. The van der Waals surface area contributed by atoms with Crippen LogP contribution in [0.4, 0.5) is 4.39 Å². The Morgan fingerprint density at radius 1 is 0.938 bits per heavy atom. The molecule has 0 saturated heterocycles. The maximum atomic E-state index is 14.0. The smallest absolute Gasteiger partial charge is 0.311 e. The second-order valence-electron chi connectivity index (χ2n) is 7.70. The van der Waals surface area contributed by atoms with Gasteiger partial charge < -0.3 is 9.72 Å². The maximum Gasteiger partial charge on any atom is 0.311 e.